The maximum Gasteiger partial charge on any atom is 0.303 e. The topological polar surface area (TPSA) is 61.4 Å². The fourth-order valence-electron chi connectivity index (χ4n) is 4.36. The van der Waals surface area contributed by atoms with E-state index in [1.54, 1.807) is 0 Å². The molecule has 1 saturated carbocycles. The van der Waals surface area contributed by atoms with E-state index in [9.17, 15) is 9.90 Å². The number of carboxylic acid groups (broad SMARTS) is 1. The second-order valence-electron chi connectivity index (χ2n) is 8.36. The van der Waals surface area contributed by atoms with E-state index < -0.39 is 5.97 Å². The Kier molecular flexibility index (Phi) is 8.44. The Morgan fingerprint density at radius 1 is 1.10 bits per heavy atom. The molecule has 1 atom stereocenters. The Labute approximate surface area is 185 Å². The van der Waals surface area contributed by atoms with Crippen LogP contribution in [0.25, 0.3) is 0 Å². The van der Waals surface area contributed by atoms with Crippen LogP contribution in [0, 0.1) is 5.92 Å². The van der Waals surface area contributed by atoms with Crippen molar-refractivity contribution in [2.24, 2.45) is 5.92 Å². The van der Waals surface area contributed by atoms with Crippen LogP contribution >= 0.6 is 11.6 Å². The monoisotopic (exact) mass is 428 g/mol. The highest BCUT2D eigenvalue weighted by molar-refractivity contribution is 6.30. The molecule has 0 bridgehead atoms. The minimum atomic E-state index is -0.760. The first-order chi connectivity index (χ1) is 14.5. The molecular formula is C25H33ClN2O2. The summed E-state index contributed by atoms with van der Waals surface area (Å²) in [4.78, 5) is 11.3. The molecule has 30 heavy (non-hydrogen) atoms. The fourth-order valence-corrected chi connectivity index (χ4v) is 4.48. The molecule has 0 saturated heterocycles. The van der Waals surface area contributed by atoms with E-state index in [-0.39, 0.29) is 12.3 Å². The molecule has 0 unspecified atom stereocenters. The third kappa shape index (κ3) is 6.66. The Bertz CT molecular complexity index is 816. The molecule has 1 aliphatic rings. The highest BCUT2D eigenvalue weighted by Gasteiger charge is 2.17. The van der Waals surface area contributed by atoms with Gasteiger partial charge in [-0.15, -0.1) is 0 Å². The zero-order valence-electron chi connectivity index (χ0n) is 17.8. The first kappa shape index (κ1) is 22.5. The number of aliphatic carboxylic acids is 1. The molecule has 1 aliphatic carbocycles. The number of nitrogens with one attached hydrogen (secondary N) is 2. The third-order valence-electron chi connectivity index (χ3n) is 6.14. The second-order valence-corrected chi connectivity index (χ2v) is 8.80. The standard InChI is InChI=1S/C25H33ClN2O2/c1-2-19(17-25(29)30)20-8-13-23(27-15-14-18-6-4-3-5-7-18)24(16-20)28-22-11-9-21(26)10-12-22/h8-13,16,18-19,27-28H,2-7,14-15,17H2,1H3,(H,29,30)/t19-/m0/s1. The van der Waals surface area contributed by atoms with Crippen LogP contribution in [-0.4, -0.2) is 17.6 Å². The highest BCUT2D eigenvalue weighted by Crippen LogP contribution is 2.33. The maximum atomic E-state index is 11.3. The van der Waals surface area contributed by atoms with Gasteiger partial charge in [0.1, 0.15) is 0 Å². The van der Waals surface area contributed by atoms with Gasteiger partial charge in [-0.2, -0.15) is 0 Å². The quantitative estimate of drug-likeness (QED) is 0.368. The average Bonchev–Trinajstić information content (AvgIpc) is 2.75. The van der Waals surface area contributed by atoms with Gasteiger partial charge in [0, 0.05) is 17.3 Å². The molecular weight excluding hydrogens is 396 g/mol. The number of rotatable bonds is 10. The van der Waals surface area contributed by atoms with Crippen molar-refractivity contribution >= 4 is 34.6 Å². The molecule has 5 heteroatoms. The summed E-state index contributed by atoms with van der Waals surface area (Å²) >= 11 is 6.03. The number of anilines is 3. The summed E-state index contributed by atoms with van der Waals surface area (Å²) in [5.74, 6) is 0.0755. The Hall–Kier alpha value is -2.20. The van der Waals surface area contributed by atoms with E-state index in [4.69, 9.17) is 11.6 Å². The lowest BCUT2D eigenvalue weighted by Gasteiger charge is -2.23. The van der Waals surface area contributed by atoms with Crippen molar-refractivity contribution in [3.05, 3.63) is 53.1 Å². The van der Waals surface area contributed by atoms with Gasteiger partial charge in [-0.25, -0.2) is 0 Å². The normalized spacial score (nSPS) is 15.5. The van der Waals surface area contributed by atoms with E-state index in [2.05, 4.69) is 28.8 Å². The molecule has 2 aromatic rings. The van der Waals surface area contributed by atoms with Gasteiger partial charge in [0.25, 0.3) is 0 Å². The Morgan fingerprint density at radius 2 is 1.83 bits per heavy atom. The molecule has 3 rings (SSSR count). The van der Waals surface area contributed by atoms with Crippen LogP contribution in [0.4, 0.5) is 17.1 Å². The van der Waals surface area contributed by atoms with Crippen molar-refractivity contribution in [1.82, 2.24) is 0 Å². The molecule has 0 heterocycles. The number of benzene rings is 2. The number of carbonyl (C=O) groups is 1. The molecule has 162 valence electrons. The van der Waals surface area contributed by atoms with Crippen molar-refractivity contribution in [2.45, 2.75) is 64.2 Å². The molecule has 0 radical (unpaired) electrons. The third-order valence-corrected chi connectivity index (χ3v) is 6.40. The molecule has 0 aliphatic heterocycles. The lowest BCUT2D eigenvalue weighted by Crippen LogP contribution is -2.13. The van der Waals surface area contributed by atoms with Crippen molar-refractivity contribution in [3.63, 3.8) is 0 Å². The second kappa shape index (κ2) is 11.3. The summed E-state index contributed by atoms with van der Waals surface area (Å²) in [5, 5.41) is 17.1. The summed E-state index contributed by atoms with van der Waals surface area (Å²) in [6, 6.07) is 13.9. The van der Waals surface area contributed by atoms with Crippen LogP contribution in [0.1, 0.15) is 69.8 Å². The molecule has 2 aromatic carbocycles. The van der Waals surface area contributed by atoms with Gasteiger partial charge in [-0.3, -0.25) is 4.79 Å². The first-order valence-electron chi connectivity index (χ1n) is 11.2. The number of halogens is 1. The smallest absolute Gasteiger partial charge is 0.303 e. The molecule has 3 N–H and O–H groups in total. The van der Waals surface area contributed by atoms with Gasteiger partial charge < -0.3 is 15.7 Å². The number of hydrogen-bond acceptors (Lipinski definition) is 3. The number of hydrogen-bond donors (Lipinski definition) is 3. The van der Waals surface area contributed by atoms with Gasteiger partial charge >= 0.3 is 5.97 Å². The van der Waals surface area contributed by atoms with Crippen LogP contribution in [0.3, 0.4) is 0 Å². The van der Waals surface area contributed by atoms with Crippen LogP contribution in [-0.2, 0) is 4.79 Å². The Balaban J connectivity index is 1.76. The van der Waals surface area contributed by atoms with E-state index in [1.165, 1.54) is 38.5 Å². The van der Waals surface area contributed by atoms with Gasteiger partial charge in [0.15, 0.2) is 0 Å². The largest absolute Gasteiger partial charge is 0.481 e. The van der Waals surface area contributed by atoms with Crippen LogP contribution in [0.15, 0.2) is 42.5 Å². The average molecular weight is 429 g/mol. The van der Waals surface area contributed by atoms with E-state index in [0.717, 1.165) is 41.5 Å². The summed E-state index contributed by atoms with van der Waals surface area (Å²) in [5.41, 5.74) is 4.03. The van der Waals surface area contributed by atoms with Crippen molar-refractivity contribution in [2.75, 3.05) is 17.2 Å². The SMILES string of the molecule is CC[C@@H](CC(=O)O)c1ccc(NCCC2CCCCC2)c(Nc2ccc(Cl)cc2)c1. The van der Waals surface area contributed by atoms with Crippen LogP contribution < -0.4 is 10.6 Å². The molecule has 0 amide bonds. The zero-order chi connectivity index (χ0) is 21.3. The molecule has 0 aromatic heterocycles. The highest BCUT2D eigenvalue weighted by atomic mass is 35.5. The van der Waals surface area contributed by atoms with E-state index in [1.807, 2.05) is 31.2 Å². The minimum Gasteiger partial charge on any atom is -0.481 e. The maximum absolute atomic E-state index is 11.3. The summed E-state index contributed by atoms with van der Waals surface area (Å²) < 4.78 is 0. The van der Waals surface area contributed by atoms with E-state index >= 15 is 0 Å². The fraction of sp³-hybridized carbons (Fsp3) is 0.480. The number of carboxylic acids is 1. The van der Waals surface area contributed by atoms with Crippen molar-refractivity contribution in [3.8, 4) is 0 Å². The molecule has 4 nitrogen and oxygen atoms in total. The van der Waals surface area contributed by atoms with Gasteiger partial charge in [-0.05, 0) is 66.6 Å². The van der Waals surface area contributed by atoms with Crippen LogP contribution in [0.2, 0.25) is 5.02 Å². The van der Waals surface area contributed by atoms with Crippen molar-refractivity contribution in [1.29, 1.82) is 0 Å². The Morgan fingerprint density at radius 3 is 2.50 bits per heavy atom. The first-order valence-corrected chi connectivity index (χ1v) is 11.5. The zero-order valence-corrected chi connectivity index (χ0v) is 18.5. The molecule has 0 spiro atoms. The predicted octanol–water partition coefficient (Wildman–Crippen LogP) is 7.43. The van der Waals surface area contributed by atoms with E-state index in [0.29, 0.717) is 5.02 Å². The van der Waals surface area contributed by atoms with Gasteiger partial charge in [0.05, 0.1) is 17.8 Å². The molecule has 1 fully saturated rings. The van der Waals surface area contributed by atoms with Gasteiger partial charge in [-0.1, -0.05) is 56.7 Å². The lowest BCUT2D eigenvalue weighted by atomic mass is 9.87. The van der Waals surface area contributed by atoms with Crippen LogP contribution in [0.5, 0.6) is 0 Å². The summed E-state index contributed by atoms with van der Waals surface area (Å²) in [7, 11) is 0. The summed E-state index contributed by atoms with van der Waals surface area (Å²) in [6.45, 7) is 2.99. The predicted molar refractivity (Wildman–Crippen MR) is 126 cm³/mol. The van der Waals surface area contributed by atoms with Crippen molar-refractivity contribution < 1.29 is 9.90 Å². The van der Waals surface area contributed by atoms with Gasteiger partial charge in [0.2, 0.25) is 0 Å². The summed E-state index contributed by atoms with van der Waals surface area (Å²) in [6.07, 6.45) is 8.95. The lowest BCUT2D eigenvalue weighted by molar-refractivity contribution is -0.137. The minimum absolute atomic E-state index is 0.00422.